The summed E-state index contributed by atoms with van der Waals surface area (Å²) >= 11 is 0. The standard InChI is InChI=1S/C16H31N/c1-12(2)15-8-7-14(11-16(15)13(3)4)17-9-5-6-10-17/h12-16H,5-11H2,1-4H3. The monoisotopic (exact) mass is 237 g/mol. The Balaban J connectivity index is 1.97. The van der Waals surface area contributed by atoms with Crippen LogP contribution in [0.15, 0.2) is 0 Å². The quantitative estimate of drug-likeness (QED) is 0.712. The summed E-state index contributed by atoms with van der Waals surface area (Å²) in [5.41, 5.74) is 0. The van der Waals surface area contributed by atoms with Gasteiger partial charge >= 0.3 is 0 Å². The van der Waals surface area contributed by atoms with Gasteiger partial charge in [-0.15, -0.1) is 0 Å². The van der Waals surface area contributed by atoms with Gasteiger partial charge in [-0.05, 0) is 68.9 Å². The van der Waals surface area contributed by atoms with Gasteiger partial charge in [0.15, 0.2) is 0 Å². The van der Waals surface area contributed by atoms with Gasteiger partial charge in [-0.3, -0.25) is 0 Å². The van der Waals surface area contributed by atoms with Crippen LogP contribution in [0.5, 0.6) is 0 Å². The van der Waals surface area contributed by atoms with Crippen LogP contribution in [-0.2, 0) is 0 Å². The zero-order valence-corrected chi connectivity index (χ0v) is 12.3. The molecule has 2 rings (SSSR count). The van der Waals surface area contributed by atoms with Crippen LogP contribution >= 0.6 is 0 Å². The van der Waals surface area contributed by atoms with Crippen LogP contribution in [0.1, 0.15) is 59.8 Å². The molecule has 0 aromatic rings. The van der Waals surface area contributed by atoms with E-state index in [0.29, 0.717) is 0 Å². The van der Waals surface area contributed by atoms with Crippen LogP contribution in [0.3, 0.4) is 0 Å². The van der Waals surface area contributed by atoms with Crippen molar-refractivity contribution in [1.29, 1.82) is 0 Å². The molecular weight excluding hydrogens is 206 g/mol. The SMILES string of the molecule is CC(C)C1CCC(N2CCCC2)CC1C(C)C. The highest BCUT2D eigenvalue weighted by atomic mass is 15.2. The second-order valence-electron chi connectivity index (χ2n) is 7.03. The van der Waals surface area contributed by atoms with E-state index in [2.05, 4.69) is 32.6 Å². The molecule has 1 aliphatic heterocycles. The molecule has 1 heteroatoms. The van der Waals surface area contributed by atoms with E-state index < -0.39 is 0 Å². The molecule has 2 fully saturated rings. The maximum absolute atomic E-state index is 2.78. The number of nitrogens with zero attached hydrogens (tertiary/aromatic N) is 1. The highest BCUT2D eigenvalue weighted by Crippen LogP contribution is 2.41. The van der Waals surface area contributed by atoms with Crippen molar-refractivity contribution in [2.45, 2.75) is 65.8 Å². The zero-order chi connectivity index (χ0) is 12.4. The van der Waals surface area contributed by atoms with Crippen LogP contribution < -0.4 is 0 Å². The molecule has 1 saturated carbocycles. The minimum absolute atomic E-state index is 0.868. The highest BCUT2D eigenvalue weighted by molar-refractivity contribution is 4.89. The van der Waals surface area contributed by atoms with E-state index in [-0.39, 0.29) is 0 Å². The summed E-state index contributed by atoms with van der Waals surface area (Å²) in [4.78, 5) is 2.78. The van der Waals surface area contributed by atoms with E-state index in [1.807, 2.05) is 0 Å². The summed E-state index contributed by atoms with van der Waals surface area (Å²) in [5.74, 6) is 3.69. The van der Waals surface area contributed by atoms with Crippen molar-refractivity contribution >= 4 is 0 Å². The van der Waals surface area contributed by atoms with E-state index in [9.17, 15) is 0 Å². The van der Waals surface area contributed by atoms with Gasteiger partial charge in [0.1, 0.15) is 0 Å². The molecule has 0 bridgehead atoms. The maximum atomic E-state index is 2.78. The number of rotatable bonds is 3. The predicted molar refractivity (Wildman–Crippen MR) is 75.1 cm³/mol. The molecule has 1 saturated heterocycles. The summed E-state index contributed by atoms with van der Waals surface area (Å²) < 4.78 is 0. The molecular formula is C16H31N. The van der Waals surface area contributed by atoms with Gasteiger partial charge in [0.05, 0.1) is 0 Å². The normalized spacial score (nSPS) is 36.0. The molecule has 100 valence electrons. The first-order chi connectivity index (χ1) is 8.09. The Labute approximate surface area is 108 Å². The summed E-state index contributed by atoms with van der Waals surface area (Å²) in [6, 6.07) is 0.917. The molecule has 1 nitrogen and oxygen atoms in total. The Kier molecular flexibility index (Phi) is 4.52. The predicted octanol–water partition coefficient (Wildman–Crippen LogP) is 4.18. The lowest BCUT2D eigenvalue weighted by atomic mass is 9.67. The molecule has 0 aromatic heterocycles. The second-order valence-corrected chi connectivity index (χ2v) is 7.03. The van der Waals surface area contributed by atoms with Gasteiger partial charge < -0.3 is 4.90 Å². The van der Waals surface area contributed by atoms with E-state index in [1.54, 1.807) is 0 Å². The summed E-state index contributed by atoms with van der Waals surface area (Å²) in [6.45, 7) is 12.5. The van der Waals surface area contributed by atoms with Gasteiger partial charge in [0.2, 0.25) is 0 Å². The van der Waals surface area contributed by atoms with Crippen molar-refractivity contribution in [1.82, 2.24) is 4.90 Å². The third-order valence-electron chi connectivity index (χ3n) is 5.30. The van der Waals surface area contributed by atoms with Crippen molar-refractivity contribution in [3.8, 4) is 0 Å². The fourth-order valence-corrected chi connectivity index (χ4v) is 4.24. The summed E-state index contributed by atoms with van der Waals surface area (Å²) in [7, 11) is 0. The number of hydrogen-bond donors (Lipinski definition) is 0. The average molecular weight is 237 g/mol. The first kappa shape index (κ1) is 13.4. The van der Waals surface area contributed by atoms with Gasteiger partial charge in [-0.1, -0.05) is 27.7 Å². The van der Waals surface area contributed by atoms with Crippen LogP contribution in [-0.4, -0.2) is 24.0 Å². The van der Waals surface area contributed by atoms with Crippen LogP contribution in [0.2, 0.25) is 0 Å². The Morgan fingerprint density at radius 3 is 1.94 bits per heavy atom. The Hall–Kier alpha value is -0.0400. The van der Waals surface area contributed by atoms with Crippen LogP contribution in [0.4, 0.5) is 0 Å². The largest absolute Gasteiger partial charge is 0.300 e. The van der Waals surface area contributed by atoms with Crippen LogP contribution in [0.25, 0.3) is 0 Å². The topological polar surface area (TPSA) is 3.24 Å². The van der Waals surface area contributed by atoms with Crippen molar-refractivity contribution in [2.75, 3.05) is 13.1 Å². The maximum Gasteiger partial charge on any atom is 0.00982 e. The van der Waals surface area contributed by atoms with E-state index >= 15 is 0 Å². The Morgan fingerprint density at radius 2 is 1.41 bits per heavy atom. The van der Waals surface area contributed by atoms with E-state index in [4.69, 9.17) is 0 Å². The molecule has 2 aliphatic rings. The minimum Gasteiger partial charge on any atom is -0.300 e. The lowest BCUT2D eigenvalue weighted by Crippen LogP contribution is -2.42. The fourth-order valence-electron chi connectivity index (χ4n) is 4.24. The Morgan fingerprint density at radius 1 is 0.824 bits per heavy atom. The fraction of sp³-hybridized carbons (Fsp3) is 1.00. The molecule has 0 spiro atoms. The van der Waals surface area contributed by atoms with Crippen molar-refractivity contribution in [3.63, 3.8) is 0 Å². The minimum atomic E-state index is 0.868. The molecule has 3 unspecified atom stereocenters. The van der Waals surface area contributed by atoms with Gasteiger partial charge in [-0.25, -0.2) is 0 Å². The van der Waals surface area contributed by atoms with E-state index in [1.165, 1.54) is 45.2 Å². The van der Waals surface area contributed by atoms with Crippen molar-refractivity contribution < 1.29 is 0 Å². The number of hydrogen-bond acceptors (Lipinski definition) is 1. The van der Waals surface area contributed by atoms with Crippen molar-refractivity contribution in [3.05, 3.63) is 0 Å². The third kappa shape index (κ3) is 3.05. The third-order valence-corrected chi connectivity index (χ3v) is 5.30. The Bertz CT molecular complexity index is 228. The van der Waals surface area contributed by atoms with Gasteiger partial charge in [0.25, 0.3) is 0 Å². The van der Waals surface area contributed by atoms with Gasteiger partial charge in [-0.2, -0.15) is 0 Å². The molecule has 0 N–H and O–H groups in total. The molecule has 3 atom stereocenters. The smallest absolute Gasteiger partial charge is 0.00982 e. The molecule has 17 heavy (non-hydrogen) atoms. The molecule has 1 aliphatic carbocycles. The highest BCUT2D eigenvalue weighted by Gasteiger charge is 2.36. The first-order valence-electron chi connectivity index (χ1n) is 7.83. The lowest BCUT2D eigenvalue weighted by molar-refractivity contribution is 0.0665. The molecule has 0 amide bonds. The average Bonchev–Trinajstić information content (AvgIpc) is 2.81. The number of likely N-dealkylation sites (tertiary alicyclic amines) is 1. The first-order valence-corrected chi connectivity index (χ1v) is 7.83. The summed E-state index contributed by atoms with van der Waals surface area (Å²) in [5, 5.41) is 0. The lowest BCUT2D eigenvalue weighted by Gasteiger charge is -2.43. The summed E-state index contributed by atoms with van der Waals surface area (Å²) in [6.07, 6.45) is 7.29. The second kappa shape index (κ2) is 5.73. The van der Waals surface area contributed by atoms with Crippen LogP contribution in [0, 0.1) is 23.7 Å². The van der Waals surface area contributed by atoms with E-state index in [0.717, 1.165) is 29.7 Å². The molecule has 1 heterocycles. The molecule has 0 radical (unpaired) electrons. The molecule has 0 aromatic carbocycles. The zero-order valence-electron chi connectivity index (χ0n) is 12.3. The van der Waals surface area contributed by atoms with Crippen molar-refractivity contribution in [2.24, 2.45) is 23.7 Å². The van der Waals surface area contributed by atoms with Gasteiger partial charge in [0, 0.05) is 6.04 Å².